The van der Waals surface area contributed by atoms with Crippen LogP contribution in [0.3, 0.4) is 0 Å². The maximum absolute atomic E-state index is 11.9. The van der Waals surface area contributed by atoms with Crippen molar-refractivity contribution in [3.05, 3.63) is 17.8 Å². The van der Waals surface area contributed by atoms with Gasteiger partial charge in [-0.2, -0.15) is 11.8 Å². The number of anilines is 2. The summed E-state index contributed by atoms with van der Waals surface area (Å²) in [6.07, 6.45) is 4.67. The Kier molecular flexibility index (Phi) is 6.49. The lowest BCUT2D eigenvalue weighted by Crippen LogP contribution is -2.23. The highest BCUT2D eigenvalue weighted by atomic mass is 32.2. The Labute approximate surface area is 118 Å². The zero-order valence-corrected chi connectivity index (χ0v) is 12.5. The Balaban J connectivity index is 2.89. The largest absolute Gasteiger partial charge is 0.462 e. The molecule has 5 nitrogen and oxygen atoms in total. The average Bonchev–Trinajstić information content (AvgIpc) is 2.39. The molecule has 2 N–H and O–H groups in total. The lowest BCUT2D eigenvalue weighted by Gasteiger charge is -2.20. The maximum atomic E-state index is 11.9. The molecule has 1 aromatic heterocycles. The van der Waals surface area contributed by atoms with E-state index >= 15 is 0 Å². The van der Waals surface area contributed by atoms with Crippen LogP contribution in [0.5, 0.6) is 0 Å². The minimum Gasteiger partial charge on any atom is -0.462 e. The van der Waals surface area contributed by atoms with Gasteiger partial charge in [0.2, 0.25) is 0 Å². The highest BCUT2D eigenvalue weighted by molar-refractivity contribution is 7.98. The normalized spacial score (nSPS) is 10.3. The Morgan fingerprint density at radius 2 is 2.32 bits per heavy atom. The highest BCUT2D eigenvalue weighted by Gasteiger charge is 2.17. The molecular formula is C13H21N3O2S. The van der Waals surface area contributed by atoms with Crippen LogP contribution < -0.4 is 10.6 Å². The van der Waals surface area contributed by atoms with E-state index in [0.29, 0.717) is 23.7 Å². The van der Waals surface area contributed by atoms with Crippen LogP contribution in [0.25, 0.3) is 0 Å². The van der Waals surface area contributed by atoms with Gasteiger partial charge in [0.15, 0.2) is 0 Å². The van der Waals surface area contributed by atoms with Gasteiger partial charge in [-0.25, -0.2) is 9.78 Å². The standard InChI is InChI=1S/C13H21N3O2S/c1-4-18-13(17)11-8-10(14)9-15-12(11)16(2)6-5-7-19-3/h8-9H,4-7,14H2,1-3H3. The fourth-order valence-corrected chi connectivity index (χ4v) is 2.11. The molecule has 0 aliphatic carbocycles. The van der Waals surface area contributed by atoms with Crippen molar-refractivity contribution < 1.29 is 9.53 Å². The van der Waals surface area contributed by atoms with E-state index in [-0.39, 0.29) is 5.97 Å². The molecule has 0 aliphatic heterocycles. The van der Waals surface area contributed by atoms with Crippen molar-refractivity contribution in [3.63, 3.8) is 0 Å². The summed E-state index contributed by atoms with van der Waals surface area (Å²) in [4.78, 5) is 18.1. The first-order valence-electron chi connectivity index (χ1n) is 6.22. The van der Waals surface area contributed by atoms with E-state index in [1.54, 1.807) is 30.9 Å². The monoisotopic (exact) mass is 283 g/mol. The molecule has 0 fully saturated rings. The molecule has 1 rings (SSSR count). The van der Waals surface area contributed by atoms with Crippen LogP contribution in [0.15, 0.2) is 12.3 Å². The molecule has 0 aliphatic rings. The van der Waals surface area contributed by atoms with Crippen molar-refractivity contribution in [1.29, 1.82) is 0 Å². The number of carbonyl (C=O) groups excluding carboxylic acids is 1. The number of hydrogen-bond donors (Lipinski definition) is 1. The summed E-state index contributed by atoms with van der Waals surface area (Å²) in [7, 11) is 1.92. The quantitative estimate of drug-likeness (QED) is 0.610. The van der Waals surface area contributed by atoms with Gasteiger partial charge in [-0.05, 0) is 31.4 Å². The number of thioether (sulfide) groups is 1. The Morgan fingerprint density at radius 1 is 1.58 bits per heavy atom. The molecule has 0 saturated carbocycles. The van der Waals surface area contributed by atoms with Crippen LogP contribution in [0.4, 0.5) is 11.5 Å². The van der Waals surface area contributed by atoms with E-state index in [1.807, 2.05) is 11.9 Å². The van der Waals surface area contributed by atoms with Crippen LogP contribution in [0.2, 0.25) is 0 Å². The summed E-state index contributed by atoms with van der Waals surface area (Å²) >= 11 is 1.80. The zero-order valence-electron chi connectivity index (χ0n) is 11.7. The van der Waals surface area contributed by atoms with Gasteiger partial charge in [0.1, 0.15) is 11.4 Å². The van der Waals surface area contributed by atoms with E-state index in [4.69, 9.17) is 10.5 Å². The average molecular weight is 283 g/mol. The number of esters is 1. The number of pyridine rings is 1. The van der Waals surface area contributed by atoms with Crippen molar-refractivity contribution in [3.8, 4) is 0 Å². The Hall–Kier alpha value is -1.43. The van der Waals surface area contributed by atoms with Crippen LogP contribution >= 0.6 is 11.8 Å². The van der Waals surface area contributed by atoms with Crippen molar-refractivity contribution in [2.45, 2.75) is 13.3 Å². The minimum absolute atomic E-state index is 0.337. The van der Waals surface area contributed by atoms with Gasteiger partial charge in [0, 0.05) is 13.6 Å². The van der Waals surface area contributed by atoms with Gasteiger partial charge in [0.05, 0.1) is 18.5 Å². The first-order chi connectivity index (χ1) is 9.10. The van der Waals surface area contributed by atoms with Gasteiger partial charge in [-0.15, -0.1) is 0 Å². The summed E-state index contributed by atoms with van der Waals surface area (Å²) in [6.45, 7) is 2.95. The van der Waals surface area contributed by atoms with E-state index in [2.05, 4.69) is 11.2 Å². The molecule has 0 radical (unpaired) electrons. The summed E-state index contributed by atoms with van der Waals surface area (Å²) in [5, 5.41) is 0. The molecule has 1 heterocycles. The van der Waals surface area contributed by atoms with E-state index in [1.165, 1.54) is 0 Å². The second kappa shape index (κ2) is 7.89. The van der Waals surface area contributed by atoms with Crippen molar-refractivity contribution in [1.82, 2.24) is 4.98 Å². The molecule has 106 valence electrons. The minimum atomic E-state index is -0.381. The van der Waals surface area contributed by atoms with Crippen molar-refractivity contribution >= 4 is 29.2 Å². The van der Waals surface area contributed by atoms with Gasteiger partial charge in [-0.1, -0.05) is 0 Å². The number of ether oxygens (including phenoxy) is 1. The smallest absolute Gasteiger partial charge is 0.341 e. The SMILES string of the molecule is CCOC(=O)c1cc(N)cnc1N(C)CCCSC. The van der Waals surface area contributed by atoms with Gasteiger partial charge >= 0.3 is 5.97 Å². The van der Waals surface area contributed by atoms with Crippen LogP contribution in [-0.2, 0) is 4.74 Å². The number of aromatic nitrogens is 1. The predicted molar refractivity (Wildman–Crippen MR) is 80.9 cm³/mol. The molecule has 0 amide bonds. The molecule has 6 heteroatoms. The summed E-state index contributed by atoms with van der Waals surface area (Å²) < 4.78 is 5.03. The second-order valence-corrected chi connectivity index (χ2v) is 5.11. The van der Waals surface area contributed by atoms with E-state index < -0.39 is 0 Å². The molecular weight excluding hydrogens is 262 g/mol. The Morgan fingerprint density at radius 3 is 2.95 bits per heavy atom. The second-order valence-electron chi connectivity index (χ2n) is 4.13. The number of hydrogen-bond acceptors (Lipinski definition) is 6. The van der Waals surface area contributed by atoms with E-state index in [9.17, 15) is 4.79 Å². The van der Waals surface area contributed by atoms with Gasteiger partial charge in [-0.3, -0.25) is 0 Å². The molecule has 0 bridgehead atoms. The number of carbonyl (C=O) groups is 1. The molecule has 0 spiro atoms. The number of nitrogens with two attached hydrogens (primary N) is 1. The molecule has 1 aromatic rings. The van der Waals surface area contributed by atoms with Gasteiger partial charge in [0.25, 0.3) is 0 Å². The molecule has 0 unspecified atom stereocenters. The lowest BCUT2D eigenvalue weighted by molar-refractivity contribution is 0.0526. The number of rotatable bonds is 7. The highest BCUT2D eigenvalue weighted by Crippen LogP contribution is 2.20. The first-order valence-corrected chi connectivity index (χ1v) is 7.62. The number of nitrogen functional groups attached to an aromatic ring is 1. The molecule has 0 atom stereocenters. The third-order valence-corrected chi connectivity index (χ3v) is 3.28. The molecule has 0 saturated heterocycles. The molecule has 19 heavy (non-hydrogen) atoms. The van der Waals surface area contributed by atoms with Crippen molar-refractivity contribution in [2.24, 2.45) is 0 Å². The maximum Gasteiger partial charge on any atom is 0.341 e. The van der Waals surface area contributed by atoms with E-state index in [0.717, 1.165) is 18.7 Å². The summed E-state index contributed by atoms with van der Waals surface area (Å²) in [5.41, 5.74) is 6.58. The van der Waals surface area contributed by atoms with Crippen LogP contribution in [-0.4, -0.2) is 43.2 Å². The summed E-state index contributed by atoms with van der Waals surface area (Å²) in [6, 6.07) is 1.62. The fourth-order valence-electron chi connectivity index (χ4n) is 1.69. The van der Waals surface area contributed by atoms with Crippen LogP contribution in [0.1, 0.15) is 23.7 Å². The number of nitrogens with zero attached hydrogens (tertiary/aromatic N) is 2. The lowest BCUT2D eigenvalue weighted by atomic mass is 10.2. The zero-order chi connectivity index (χ0) is 14.3. The van der Waals surface area contributed by atoms with Gasteiger partial charge < -0.3 is 15.4 Å². The molecule has 0 aromatic carbocycles. The third-order valence-electron chi connectivity index (χ3n) is 2.59. The van der Waals surface area contributed by atoms with Crippen LogP contribution in [0, 0.1) is 0 Å². The third kappa shape index (κ3) is 4.63. The topological polar surface area (TPSA) is 68.5 Å². The summed E-state index contributed by atoms with van der Waals surface area (Å²) in [5.74, 6) is 1.32. The van der Waals surface area contributed by atoms with Crippen molar-refractivity contribution in [2.75, 3.05) is 42.8 Å². The predicted octanol–water partition coefficient (Wildman–Crippen LogP) is 2.03. The Bertz CT molecular complexity index is 426. The fraction of sp³-hybridized carbons (Fsp3) is 0.538. The first kappa shape index (κ1) is 15.6.